The fourth-order valence-corrected chi connectivity index (χ4v) is 3.85. The van der Waals surface area contributed by atoms with Crippen molar-refractivity contribution in [2.75, 3.05) is 13.7 Å². The van der Waals surface area contributed by atoms with Crippen LogP contribution in [-0.4, -0.2) is 33.8 Å². The van der Waals surface area contributed by atoms with Crippen LogP contribution in [0.3, 0.4) is 0 Å². The number of methoxy groups -OCH3 is 1. The summed E-state index contributed by atoms with van der Waals surface area (Å²) >= 11 is 5.63. The molecule has 0 spiro atoms. The van der Waals surface area contributed by atoms with Crippen molar-refractivity contribution in [3.05, 3.63) is 84.4 Å². The fraction of sp³-hybridized carbons (Fsp3) is 0.174. The van der Waals surface area contributed by atoms with Gasteiger partial charge in [0.1, 0.15) is 5.75 Å². The first-order chi connectivity index (χ1) is 14.6. The monoisotopic (exact) mass is 418 g/mol. The highest BCUT2D eigenvalue weighted by Crippen LogP contribution is 2.38. The van der Waals surface area contributed by atoms with E-state index in [4.69, 9.17) is 21.5 Å². The zero-order chi connectivity index (χ0) is 21.1. The van der Waals surface area contributed by atoms with Gasteiger partial charge < -0.3 is 19.5 Å². The molecule has 0 bridgehead atoms. The molecule has 6 nitrogen and oxygen atoms in total. The molecule has 1 N–H and O–H groups in total. The molecule has 4 rings (SSSR count). The summed E-state index contributed by atoms with van der Waals surface area (Å²) in [6.45, 7) is 6.43. The molecule has 0 radical (unpaired) electrons. The van der Waals surface area contributed by atoms with Crippen molar-refractivity contribution in [2.45, 2.75) is 13.0 Å². The molecule has 2 aromatic carbocycles. The highest BCUT2D eigenvalue weighted by Gasteiger charge is 2.33. The van der Waals surface area contributed by atoms with Gasteiger partial charge in [-0.05, 0) is 36.8 Å². The molecule has 30 heavy (non-hydrogen) atoms. The SMILES string of the molecule is C=CCN1C(=S)NC(c2cccc(OC)c2)C(c2nc(-c3ccccc3)no2)=C1C. The molecule has 0 fully saturated rings. The number of ether oxygens (including phenoxy) is 1. The molecule has 7 heteroatoms. The molecule has 0 saturated heterocycles. The molecule has 152 valence electrons. The predicted molar refractivity (Wildman–Crippen MR) is 121 cm³/mol. The highest BCUT2D eigenvalue weighted by molar-refractivity contribution is 7.80. The van der Waals surface area contributed by atoms with E-state index >= 15 is 0 Å². The topological polar surface area (TPSA) is 63.4 Å². The van der Waals surface area contributed by atoms with Crippen LogP contribution in [-0.2, 0) is 0 Å². The second-order valence-electron chi connectivity index (χ2n) is 6.85. The molecule has 0 saturated carbocycles. The van der Waals surface area contributed by atoms with E-state index in [-0.39, 0.29) is 6.04 Å². The first-order valence-electron chi connectivity index (χ1n) is 9.55. The van der Waals surface area contributed by atoms with Gasteiger partial charge in [0.2, 0.25) is 5.82 Å². The van der Waals surface area contributed by atoms with Gasteiger partial charge in [-0.3, -0.25) is 0 Å². The summed E-state index contributed by atoms with van der Waals surface area (Å²) in [5.74, 6) is 1.75. The Hall–Kier alpha value is -3.45. The second-order valence-corrected chi connectivity index (χ2v) is 7.23. The van der Waals surface area contributed by atoms with Crippen molar-refractivity contribution >= 4 is 22.9 Å². The molecule has 1 unspecified atom stereocenters. The Bertz CT molecular complexity index is 1110. The summed E-state index contributed by atoms with van der Waals surface area (Å²) in [5, 5.41) is 8.24. The molecule has 2 heterocycles. The van der Waals surface area contributed by atoms with Gasteiger partial charge in [-0.2, -0.15) is 4.98 Å². The summed E-state index contributed by atoms with van der Waals surface area (Å²) < 4.78 is 11.1. The predicted octanol–water partition coefficient (Wildman–Crippen LogP) is 4.59. The van der Waals surface area contributed by atoms with Gasteiger partial charge >= 0.3 is 0 Å². The molecule has 1 aromatic heterocycles. The lowest BCUT2D eigenvalue weighted by atomic mass is 9.94. The molecule has 1 aliphatic heterocycles. The highest BCUT2D eigenvalue weighted by atomic mass is 32.1. The van der Waals surface area contributed by atoms with E-state index in [0.717, 1.165) is 28.1 Å². The van der Waals surface area contributed by atoms with Gasteiger partial charge in [0.15, 0.2) is 5.11 Å². The quantitative estimate of drug-likeness (QED) is 0.464. The van der Waals surface area contributed by atoms with Crippen LogP contribution in [0.1, 0.15) is 24.4 Å². The third kappa shape index (κ3) is 3.71. The maximum absolute atomic E-state index is 5.71. The molecule has 3 aromatic rings. The van der Waals surface area contributed by atoms with Crippen molar-refractivity contribution in [3.8, 4) is 17.1 Å². The van der Waals surface area contributed by atoms with Crippen LogP contribution < -0.4 is 10.1 Å². The van der Waals surface area contributed by atoms with Crippen LogP contribution in [0.4, 0.5) is 0 Å². The summed E-state index contributed by atoms with van der Waals surface area (Å²) in [5.41, 5.74) is 3.69. The Labute approximate surface area is 180 Å². The zero-order valence-electron chi connectivity index (χ0n) is 16.8. The van der Waals surface area contributed by atoms with Crippen molar-refractivity contribution in [2.24, 2.45) is 0 Å². The molecular formula is C23H22N4O2S. The Morgan fingerprint density at radius 3 is 2.77 bits per heavy atom. The molecule has 1 aliphatic rings. The van der Waals surface area contributed by atoms with Crippen molar-refractivity contribution in [1.82, 2.24) is 20.4 Å². The molecular weight excluding hydrogens is 396 g/mol. The maximum Gasteiger partial charge on any atom is 0.258 e. The van der Waals surface area contributed by atoms with E-state index in [1.165, 1.54) is 0 Å². The summed E-state index contributed by atoms with van der Waals surface area (Å²) in [4.78, 5) is 6.66. The average Bonchev–Trinajstić information content (AvgIpc) is 3.26. The lowest BCUT2D eigenvalue weighted by molar-refractivity contribution is 0.398. The summed E-state index contributed by atoms with van der Waals surface area (Å²) in [6.07, 6.45) is 1.81. The van der Waals surface area contributed by atoms with Gasteiger partial charge in [0.25, 0.3) is 5.89 Å². The smallest absolute Gasteiger partial charge is 0.258 e. The second kappa shape index (κ2) is 8.51. The van der Waals surface area contributed by atoms with E-state index in [9.17, 15) is 0 Å². The molecule has 0 aliphatic carbocycles. The third-order valence-electron chi connectivity index (χ3n) is 5.02. The van der Waals surface area contributed by atoms with E-state index in [2.05, 4.69) is 22.0 Å². The summed E-state index contributed by atoms with van der Waals surface area (Å²) in [6, 6.07) is 17.4. The normalized spacial score (nSPS) is 16.4. The Kier molecular flexibility index (Phi) is 5.63. The third-order valence-corrected chi connectivity index (χ3v) is 5.36. The largest absolute Gasteiger partial charge is 0.497 e. The number of nitrogens with zero attached hydrogens (tertiary/aromatic N) is 3. The van der Waals surface area contributed by atoms with E-state index in [0.29, 0.717) is 23.4 Å². The van der Waals surface area contributed by atoms with Gasteiger partial charge in [0, 0.05) is 17.8 Å². The van der Waals surface area contributed by atoms with Gasteiger partial charge in [-0.15, -0.1) is 6.58 Å². The Morgan fingerprint density at radius 1 is 1.23 bits per heavy atom. The van der Waals surface area contributed by atoms with Crippen LogP contribution in [0.5, 0.6) is 5.75 Å². The number of thiocarbonyl (C=S) groups is 1. The first-order valence-corrected chi connectivity index (χ1v) is 9.96. The van der Waals surface area contributed by atoms with Crippen LogP contribution in [0.2, 0.25) is 0 Å². The number of aromatic nitrogens is 2. The minimum Gasteiger partial charge on any atom is -0.497 e. The number of nitrogens with one attached hydrogen (secondary N) is 1. The lowest BCUT2D eigenvalue weighted by Gasteiger charge is -2.36. The Balaban J connectivity index is 1.83. The minimum atomic E-state index is -0.252. The van der Waals surface area contributed by atoms with Crippen LogP contribution in [0.15, 0.2) is 77.5 Å². The summed E-state index contributed by atoms with van der Waals surface area (Å²) in [7, 11) is 1.65. The zero-order valence-corrected chi connectivity index (χ0v) is 17.6. The number of hydrogen-bond acceptors (Lipinski definition) is 5. The van der Waals surface area contributed by atoms with Crippen molar-refractivity contribution in [1.29, 1.82) is 0 Å². The lowest BCUT2D eigenvalue weighted by Crippen LogP contribution is -2.45. The standard InChI is InChI=1S/C23H22N4O2S/c1-4-13-27-15(2)19(22-25-21(26-29-22)16-9-6-5-7-10-16)20(24-23(27)30)17-11-8-12-18(14-17)28-3/h4-12,14,20H,1,13H2,2-3H3,(H,24,30). The number of allylic oxidation sites excluding steroid dienone is 1. The van der Waals surface area contributed by atoms with Gasteiger partial charge in [-0.1, -0.05) is 53.7 Å². The van der Waals surface area contributed by atoms with Gasteiger partial charge in [-0.25, -0.2) is 0 Å². The van der Waals surface area contributed by atoms with Crippen LogP contribution in [0, 0.1) is 0 Å². The van der Waals surface area contributed by atoms with Crippen molar-refractivity contribution < 1.29 is 9.26 Å². The number of benzene rings is 2. The van der Waals surface area contributed by atoms with E-state index in [1.54, 1.807) is 7.11 Å². The van der Waals surface area contributed by atoms with Crippen molar-refractivity contribution in [3.63, 3.8) is 0 Å². The average molecular weight is 419 g/mol. The molecule has 0 amide bonds. The van der Waals surface area contributed by atoms with Crippen LogP contribution >= 0.6 is 12.2 Å². The molecule has 1 atom stereocenters. The minimum absolute atomic E-state index is 0.252. The maximum atomic E-state index is 5.71. The van der Waals surface area contributed by atoms with Gasteiger partial charge in [0.05, 0.1) is 18.7 Å². The number of hydrogen-bond donors (Lipinski definition) is 1. The van der Waals surface area contributed by atoms with E-state index in [1.807, 2.05) is 72.5 Å². The fourth-order valence-electron chi connectivity index (χ4n) is 3.52. The van der Waals surface area contributed by atoms with Crippen LogP contribution in [0.25, 0.3) is 17.0 Å². The Morgan fingerprint density at radius 2 is 2.03 bits per heavy atom. The first kappa shape index (κ1) is 19.8. The number of rotatable bonds is 6. The van der Waals surface area contributed by atoms with E-state index < -0.39 is 0 Å².